The molecule has 0 aliphatic heterocycles. The lowest BCUT2D eigenvalue weighted by Crippen LogP contribution is -2.08. The van der Waals surface area contributed by atoms with Gasteiger partial charge in [-0.1, -0.05) is 13.3 Å². The van der Waals surface area contributed by atoms with Crippen molar-refractivity contribution in [1.82, 2.24) is 0 Å². The summed E-state index contributed by atoms with van der Waals surface area (Å²) in [6.07, 6.45) is 2.15. The van der Waals surface area contributed by atoms with Gasteiger partial charge in [0.05, 0.1) is 11.5 Å². The smallest absolute Gasteiger partial charge is 0.261 e. The predicted octanol–water partition coefficient (Wildman–Crippen LogP) is 3.43. The van der Waals surface area contributed by atoms with Crippen LogP contribution in [-0.2, 0) is 13.8 Å². The normalized spacial score (nSPS) is 11.6. The Morgan fingerprint density at radius 3 is 2.20 bits per heavy atom. The average Bonchev–Trinajstić information content (AvgIpc) is 2.31. The summed E-state index contributed by atoms with van der Waals surface area (Å²) in [5, 5.41) is 0. The highest BCUT2D eigenvalue weighted by Crippen LogP contribution is 2.28. The van der Waals surface area contributed by atoms with Gasteiger partial charge in [0.25, 0.3) is 9.05 Å². The lowest BCUT2D eigenvalue weighted by molar-refractivity contribution is 0.0980. The Bertz CT molecular complexity index is 517. The molecule has 0 unspecified atom stereocenters. The van der Waals surface area contributed by atoms with E-state index in [9.17, 15) is 8.42 Å². The van der Waals surface area contributed by atoms with Crippen LogP contribution < -0.4 is 4.74 Å². The molecular formula is C14H21ClO4S. The molecule has 114 valence electrons. The number of benzene rings is 1. The van der Waals surface area contributed by atoms with E-state index >= 15 is 0 Å². The first-order chi connectivity index (χ1) is 9.36. The number of hydrogen-bond acceptors (Lipinski definition) is 4. The fourth-order valence-corrected chi connectivity index (χ4v) is 3.56. The standard InChI is InChI=1S/C14H21ClO4S/c1-4-5-6-18-7-8-19-13-9-11(2)14(12(3)10-13)20(15,16)17/h9-10H,4-8H2,1-3H3. The van der Waals surface area contributed by atoms with Gasteiger partial charge < -0.3 is 9.47 Å². The van der Waals surface area contributed by atoms with Crippen molar-refractivity contribution in [3.63, 3.8) is 0 Å². The van der Waals surface area contributed by atoms with Crippen molar-refractivity contribution in [3.8, 4) is 5.75 Å². The first-order valence-corrected chi connectivity index (χ1v) is 8.93. The summed E-state index contributed by atoms with van der Waals surface area (Å²) in [6, 6.07) is 3.35. The summed E-state index contributed by atoms with van der Waals surface area (Å²) >= 11 is 0. The molecule has 0 aliphatic rings. The molecule has 1 aromatic rings. The molecule has 0 saturated heterocycles. The number of hydrogen-bond donors (Lipinski definition) is 0. The molecule has 0 heterocycles. The minimum Gasteiger partial charge on any atom is -0.491 e. The lowest BCUT2D eigenvalue weighted by Gasteiger charge is -2.11. The van der Waals surface area contributed by atoms with Crippen LogP contribution in [-0.4, -0.2) is 28.2 Å². The molecular weight excluding hydrogens is 300 g/mol. The monoisotopic (exact) mass is 320 g/mol. The zero-order valence-corrected chi connectivity index (χ0v) is 13.7. The van der Waals surface area contributed by atoms with Gasteiger partial charge in [-0.05, 0) is 43.5 Å². The van der Waals surface area contributed by atoms with E-state index in [4.69, 9.17) is 20.2 Å². The van der Waals surface area contributed by atoms with Crippen LogP contribution in [0.5, 0.6) is 5.75 Å². The van der Waals surface area contributed by atoms with E-state index in [1.807, 2.05) is 0 Å². The Morgan fingerprint density at radius 1 is 1.10 bits per heavy atom. The van der Waals surface area contributed by atoms with E-state index in [2.05, 4.69) is 6.92 Å². The van der Waals surface area contributed by atoms with Crippen molar-refractivity contribution < 1.29 is 17.9 Å². The molecule has 0 atom stereocenters. The molecule has 0 aromatic heterocycles. The minimum atomic E-state index is -3.72. The number of rotatable bonds is 8. The van der Waals surface area contributed by atoms with Crippen LogP contribution in [0.15, 0.2) is 17.0 Å². The van der Waals surface area contributed by atoms with Crippen LogP contribution in [0.4, 0.5) is 0 Å². The van der Waals surface area contributed by atoms with Gasteiger partial charge in [-0.2, -0.15) is 0 Å². The minimum absolute atomic E-state index is 0.158. The number of ether oxygens (including phenoxy) is 2. The second-order valence-electron chi connectivity index (χ2n) is 4.64. The Balaban J connectivity index is 2.62. The molecule has 0 aliphatic carbocycles. The van der Waals surface area contributed by atoms with Gasteiger partial charge in [0.2, 0.25) is 0 Å². The van der Waals surface area contributed by atoms with Crippen LogP contribution in [0.1, 0.15) is 30.9 Å². The van der Waals surface area contributed by atoms with Crippen LogP contribution in [0, 0.1) is 13.8 Å². The van der Waals surface area contributed by atoms with Gasteiger partial charge in [0.1, 0.15) is 12.4 Å². The summed E-state index contributed by atoms with van der Waals surface area (Å²) in [5.74, 6) is 0.628. The van der Waals surface area contributed by atoms with E-state index in [-0.39, 0.29) is 4.90 Å². The van der Waals surface area contributed by atoms with Crippen molar-refractivity contribution in [2.24, 2.45) is 0 Å². The molecule has 0 saturated carbocycles. The maximum atomic E-state index is 11.5. The summed E-state index contributed by atoms with van der Waals surface area (Å²) in [6.45, 7) is 7.21. The fraction of sp³-hybridized carbons (Fsp3) is 0.571. The maximum absolute atomic E-state index is 11.5. The molecule has 1 aromatic carbocycles. The second kappa shape index (κ2) is 7.86. The van der Waals surface area contributed by atoms with Gasteiger partial charge in [0, 0.05) is 17.3 Å². The molecule has 0 radical (unpaired) electrons. The largest absolute Gasteiger partial charge is 0.491 e. The molecule has 6 heteroatoms. The third kappa shape index (κ3) is 5.31. The first-order valence-electron chi connectivity index (χ1n) is 6.62. The molecule has 20 heavy (non-hydrogen) atoms. The third-order valence-electron chi connectivity index (χ3n) is 2.82. The van der Waals surface area contributed by atoms with Crippen molar-refractivity contribution in [1.29, 1.82) is 0 Å². The van der Waals surface area contributed by atoms with Gasteiger partial charge >= 0.3 is 0 Å². The third-order valence-corrected chi connectivity index (χ3v) is 4.41. The molecule has 0 bridgehead atoms. The number of halogens is 1. The van der Waals surface area contributed by atoms with E-state index in [0.29, 0.717) is 30.1 Å². The number of unbranched alkanes of at least 4 members (excludes halogenated alkanes) is 1. The SMILES string of the molecule is CCCCOCCOc1cc(C)c(S(=O)(=O)Cl)c(C)c1. The summed E-state index contributed by atoms with van der Waals surface area (Å²) in [5.41, 5.74) is 1.17. The van der Waals surface area contributed by atoms with E-state index in [1.165, 1.54) is 0 Å². The Morgan fingerprint density at radius 2 is 1.70 bits per heavy atom. The zero-order chi connectivity index (χ0) is 15.2. The van der Waals surface area contributed by atoms with Crippen molar-refractivity contribution in [2.75, 3.05) is 19.8 Å². The molecule has 0 N–H and O–H groups in total. The highest BCUT2D eigenvalue weighted by molar-refractivity contribution is 8.13. The zero-order valence-electron chi connectivity index (χ0n) is 12.1. The topological polar surface area (TPSA) is 52.6 Å². The summed E-state index contributed by atoms with van der Waals surface area (Å²) < 4.78 is 33.8. The van der Waals surface area contributed by atoms with Crippen LogP contribution in [0.25, 0.3) is 0 Å². The fourth-order valence-electron chi connectivity index (χ4n) is 1.95. The second-order valence-corrected chi connectivity index (χ2v) is 7.14. The van der Waals surface area contributed by atoms with Crippen molar-refractivity contribution in [3.05, 3.63) is 23.3 Å². The van der Waals surface area contributed by atoms with Crippen molar-refractivity contribution >= 4 is 19.7 Å². The highest BCUT2D eigenvalue weighted by Gasteiger charge is 2.17. The molecule has 0 spiro atoms. The van der Waals surface area contributed by atoms with E-state index in [1.54, 1.807) is 26.0 Å². The Labute approximate surface area is 125 Å². The number of aryl methyl sites for hydroxylation is 2. The molecule has 4 nitrogen and oxygen atoms in total. The summed E-state index contributed by atoms with van der Waals surface area (Å²) in [7, 11) is 1.68. The van der Waals surface area contributed by atoms with Gasteiger partial charge in [-0.15, -0.1) is 0 Å². The first kappa shape index (κ1) is 17.3. The van der Waals surface area contributed by atoms with Gasteiger partial charge in [-0.25, -0.2) is 8.42 Å². The van der Waals surface area contributed by atoms with Gasteiger partial charge in [0.15, 0.2) is 0 Å². The quantitative estimate of drug-likeness (QED) is 0.544. The van der Waals surface area contributed by atoms with Gasteiger partial charge in [-0.3, -0.25) is 0 Å². The average molecular weight is 321 g/mol. The molecule has 1 rings (SSSR count). The van der Waals surface area contributed by atoms with E-state index in [0.717, 1.165) is 19.4 Å². The van der Waals surface area contributed by atoms with Crippen LogP contribution in [0.2, 0.25) is 0 Å². The summed E-state index contributed by atoms with van der Waals surface area (Å²) in [4.78, 5) is 0.158. The van der Waals surface area contributed by atoms with Crippen LogP contribution in [0.3, 0.4) is 0 Å². The van der Waals surface area contributed by atoms with Crippen molar-refractivity contribution in [2.45, 2.75) is 38.5 Å². The molecule has 0 amide bonds. The highest BCUT2D eigenvalue weighted by atomic mass is 35.7. The Kier molecular flexibility index (Phi) is 6.79. The Hall–Kier alpha value is -0.780. The lowest BCUT2D eigenvalue weighted by atomic mass is 10.1. The maximum Gasteiger partial charge on any atom is 0.261 e. The van der Waals surface area contributed by atoms with Crippen LogP contribution >= 0.6 is 10.7 Å². The predicted molar refractivity (Wildman–Crippen MR) is 80.2 cm³/mol. The van der Waals surface area contributed by atoms with E-state index < -0.39 is 9.05 Å². The molecule has 0 fully saturated rings.